The number of aromatic amines is 1. The Morgan fingerprint density at radius 2 is 1.90 bits per heavy atom. The van der Waals surface area contributed by atoms with Gasteiger partial charge in [-0.1, -0.05) is 35.3 Å². The zero-order valence-corrected chi connectivity index (χ0v) is 18.9. The standard InChI is InChI=1S/C24H23Cl2FN2O2/c1-24(2,27)14-31-17-7-6-16-13-29(11-9-15(16)12-17)23(30)22-18(8-10-28-22)21-19(25)4-3-5-20(21)26/h3-8,10,12,28H,9,11,13-14H2,1-2H3. The molecule has 3 aromatic rings. The van der Waals surface area contributed by atoms with E-state index in [0.29, 0.717) is 52.1 Å². The number of benzene rings is 2. The maximum atomic E-state index is 13.7. The third-order valence-electron chi connectivity index (χ3n) is 5.25. The normalized spacial score (nSPS) is 13.8. The average molecular weight is 461 g/mol. The molecule has 1 N–H and O–H groups in total. The van der Waals surface area contributed by atoms with Crippen molar-refractivity contribution in [3.63, 3.8) is 0 Å². The zero-order valence-electron chi connectivity index (χ0n) is 17.3. The van der Waals surface area contributed by atoms with E-state index in [4.69, 9.17) is 27.9 Å². The van der Waals surface area contributed by atoms with Gasteiger partial charge < -0.3 is 14.6 Å². The first-order chi connectivity index (χ1) is 14.7. The number of hydrogen-bond acceptors (Lipinski definition) is 2. The maximum Gasteiger partial charge on any atom is 0.271 e. The smallest absolute Gasteiger partial charge is 0.271 e. The van der Waals surface area contributed by atoms with E-state index in [1.54, 1.807) is 29.3 Å². The Balaban J connectivity index is 1.54. The number of halogens is 3. The molecule has 1 aliphatic heterocycles. The van der Waals surface area contributed by atoms with Crippen molar-refractivity contribution >= 4 is 29.1 Å². The van der Waals surface area contributed by atoms with Gasteiger partial charge in [0.2, 0.25) is 0 Å². The Bertz CT molecular complexity index is 1100. The van der Waals surface area contributed by atoms with Crippen LogP contribution in [0.1, 0.15) is 35.5 Å². The lowest BCUT2D eigenvalue weighted by molar-refractivity contribution is 0.0730. The summed E-state index contributed by atoms with van der Waals surface area (Å²) in [7, 11) is 0. The first kappa shape index (κ1) is 21.7. The molecule has 4 rings (SSSR count). The van der Waals surface area contributed by atoms with Gasteiger partial charge in [-0.2, -0.15) is 0 Å². The summed E-state index contributed by atoms with van der Waals surface area (Å²) in [5, 5.41) is 0.989. The molecule has 0 aliphatic carbocycles. The molecule has 1 aliphatic rings. The number of nitrogens with zero attached hydrogens (tertiary/aromatic N) is 1. The van der Waals surface area contributed by atoms with Gasteiger partial charge in [-0.25, -0.2) is 4.39 Å². The number of rotatable bonds is 5. The predicted octanol–water partition coefficient (Wildman–Crippen LogP) is 6.31. The molecule has 7 heteroatoms. The molecule has 0 fully saturated rings. The number of aromatic nitrogens is 1. The second-order valence-electron chi connectivity index (χ2n) is 8.28. The van der Waals surface area contributed by atoms with E-state index in [-0.39, 0.29) is 12.5 Å². The molecule has 0 atom stereocenters. The Hall–Kier alpha value is -2.50. The fraction of sp³-hybridized carbons (Fsp3) is 0.292. The highest BCUT2D eigenvalue weighted by molar-refractivity contribution is 6.39. The van der Waals surface area contributed by atoms with Crippen LogP contribution in [0.5, 0.6) is 5.75 Å². The summed E-state index contributed by atoms with van der Waals surface area (Å²) in [5.41, 5.74) is 2.56. The first-order valence-corrected chi connectivity index (χ1v) is 10.8. The lowest BCUT2D eigenvalue weighted by Crippen LogP contribution is -2.36. The molecule has 0 saturated heterocycles. The van der Waals surface area contributed by atoms with Crippen molar-refractivity contribution in [3.05, 3.63) is 75.5 Å². The third kappa shape index (κ3) is 4.73. The van der Waals surface area contributed by atoms with E-state index in [2.05, 4.69) is 4.98 Å². The van der Waals surface area contributed by atoms with E-state index in [9.17, 15) is 9.18 Å². The summed E-state index contributed by atoms with van der Waals surface area (Å²) >= 11 is 12.7. The lowest BCUT2D eigenvalue weighted by atomic mass is 9.98. The van der Waals surface area contributed by atoms with E-state index < -0.39 is 5.67 Å². The Labute approximate surface area is 190 Å². The van der Waals surface area contributed by atoms with Crippen LogP contribution >= 0.6 is 23.2 Å². The fourth-order valence-electron chi connectivity index (χ4n) is 3.72. The Kier molecular flexibility index (Phi) is 6.00. The summed E-state index contributed by atoms with van der Waals surface area (Å²) in [6.07, 6.45) is 2.41. The summed E-state index contributed by atoms with van der Waals surface area (Å²) < 4.78 is 19.3. The highest BCUT2D eigenvalue weighted by atomic mass is 35.5. The van der Waals surface area contributed by atoms with Crippen molar-refractivity contribution in [2.45, 2.75) is 32.5 Å². The zero-order chi connectivity index (χ0) is 22.2. The van der Waals surface area contributed by atoms with Crippen LogP contribution in [0.3, 0.4) is 0 Å². The van der Waals surface area contributed by atoms with Crippen molar-refractivity contribution in [2.24, 2.45) is 0 Å². The Morgan fingerprint density at radius 3 is 2.61 bits per heavy atom. The summed E-state index contributed by atoms with van der Waals surface area (Å²) in [6.45, 7) is 4.02. The van der Waals surface area contributed by atoms with E-state index >= 15 is 0 Å². The van der Waals surface area contributed by atoms with Crippen LogP contribution < -0.4 is 4.74 Å². The highest BCUT2D eigenvalue weighted by Gasteiger charge is 2.26. The average Bonchev–Trinajstić information content (AvgIpc) is 3.20. The van der Waals surface area contributed by atoms with Gasteiger partial charge in [-0.15, -0.1) is 0 Å². The largest absolute Gasteiger partial charge is 0.490 e. The van der Waals surface area contributed by atoms with Crippen molar-refractivity contribution in [2.75, 3.05) is 13.2 Å². The molecular weight excluding hydrogens is 438 g/mol. The minimum absolute atomic E-state index is 0.00337. The van der Waals surface area contributed by atoms with Crippen LogP contribution in [0.4, 0.5) is 4.39 Å². The molecule has 2 aromatic carbocycles. The molecule has 2 heterocycles. The second kappa shape index (κ2) is 8.56. The molecule has 0 radical (unpaired) electrons. The topological polar surface area (TPSA) is 45.3 Å². The van der Waals surface area contributed by atoms with E-state index in [0.717, 1.165) is 11.1 Å². The van der Waals surface area contributed by atoms with Gasteiger partial charge in [0.25, 0.3) is 5.91 Å². The number of carbonyl (C=O) groups excluding carboxylic acids is 1. The second-order valence-corrected chi connectivity index (χ2v) is 9.09. The minimum atomic E-state index is -1.39. The monoisotopic (exact) mass is 460 g/mol. The van der Waals surface area contributed by atoms with Gasteiger partial charge >= 0.3 is 0 Å². The third-order valence-corrected chi connectivity index (χ3v) is 5.88. The summed E-state index contributed by atoms with van der Waals surface area (Å²) in [4.78, 5) is 18.2. The predicted molar refractivity (Wildman–Crippen MR) is 122 cm³/mol. The molecule has 0 bridgehead atoms. The molecule has 31 heavy (non-hydrogen) atoms. The van der Waals surface area contributed by atoms with Crippen LogP contribution in [0.25, 0.3) is 11.1 Å². The number of ether oxygens (including phenoxy) is 1. The van der Waals surface area contributed by atoms with Gasteiger partial charge in [0, 0.05) is 40.5 Å². The SMILES string of the molecule is CC(C)(F)COc1ccc2c(c1)CCN(C(=O)c1[nH]ccc1-c1c(Cl)cccc1Cl)C2. The van der Waals surface area contributed by atoms with Gasteiger partial charge in [-0.05, 0) is 61.7 Å². The van der Waals surface area contributed by atoms with Crippen molar-refractivity contribution in [1.82, 2.24) is 9.88 Å². The van der Waals surface area contributed by atoms with Crippen LogP contribution in [0.2, 0.25) is 10.0 Å². The molecule has 4 nitrogen and oxygen atoms in total. The quantitative estimate of drug-likeness (QED) is 0.484. The van der Waals surface area contributed by atoms with Crippen molar-refractivity contribution in [1.29, 1.82) is 0 Å². The van der Waals surface area contributed by atoms with Gasteiger partial charge in [0.15, 0.2) is 0 Å². The Morgan fingerprint density at radius 1 is 1.16 bits per heavy atom. The summed E-state index contributed by atoms with van der Waals surface area (Å²) in [6, 6.07) is 12.8. The van der Waals surface area contributed by atoms with Gasteiger partial charge in [-0.3, -0.25) is 4.79 Å². The van der Waals surface area contributed by atoms with E-state index in [1.807, 2.05) is 24.3 Å². The van der Waals surface area contributed by atoms with Crippen molar-refractivity contribution in [3.8, 4) is 16.9 Å². The van der Waals surface area contributed by atoms with E-state index in [1.165, 1.54) is 13.8 Å². The summed E-state index contributed by atoms with van der Waals surface area (Å²) in [5.74, 6) is 0.533. The molecule has 1 aromatic heterocycles. The van der Waals surface area contributed by atoms with Crippen LogP contribution in [0.15, 0.2) is 48.7 Å². The molecule has 162 valence electrons. The number of carbonyl (C=O) groups is 1. The number of amides is 1. The number of nitrogens with one attached hydrogen (secondary N) is 1. The lowest BCUT2D eigenvalue weighted by Gasteiger charge is -2.29. The van der Waals surface area contributed by atoms with Crippen molar-refractivity contribution < 1.29 is 13.9 Å². The highest BCUT2D eigenvalue weighted by Crippen LogP contribution is 2.37. The molecular formula is C24H23Cl2FN2O2. The fourth-order valence-corrected chi connectivity index (χ4v) is 4.32. The van der Waals surface area contributed by atoms with Gasteiger partial charge in [0.1, 0.15) is 23.7 Å². The molecule has 1 amide bonds. The molecule has 0 saturated carbocycles. The molecule has 0 spiro atoms. The molecule has 0 unspecified atom stereocenters. The number of alkyl halides is 1. The van der Waals surface area contributed by atoms with Crippen LogP contribution in [-0.2, 0) is 13.0 Å². The maximum absolute atomic E-state index is 13.7. The minimum Gasteiger partial charge on any atom is -0.490 e. The number of hydrogen-bond donors (Lipinski definition) is 1. The number of fused-ring (bicyclic) bond motifs is 1. The number of H-pyrrole nitrogens is 1. The van der Waals surface area contributed by atoms with Crippen LogP contribution in [-0.4, -0.2) is 34.6 Å². The van der Waals surface area contributed by atoms with Crippen LogP contribution in [0, 0.1) is 0 Å². The first-order valence-electron chi connectivity index (χ1n) is 10.1. The van der Waals surface area contributed by atoms with Gasteiger partial charge in [0.05, 0.1) is 0 Å².